The standard InChI is InChI=1S/C18H16O/c1-2-19-17-11-16-12-7-3-5-9-14(12)18(17)15-10-6-4-8-13(15)16/h2-10,16-18H,1,11H2. The first-order chi connectivity index (χ1) is 9.40. The summed E-state index contributed by atoms with van der Waals surface area (Å²) in [5.74, 6) is 0.831. The molecule has 1 heteroatoms. The van der Waals surface area contributed by atoms with Gasteiger partial charge in [0.2, 0.25) is 0 Å². The number of hydrogen-bond donors (Lipinski definition) is 0. The predicted molar refractivity (Wildman–Crippen MR) is 76.3 cm³/mol. The lowest BCUT2D eigenvalue weighted by molar-refractivity contribution is 0.101. The van der Waals surface area contributed by atoms with Gasteiger partial charge in [0, 0.05) is 11.8 Å². The van der Waals surface area contributed by atoms with Crippen LogP contribution in [0.5, 0.6) is 0 Å². The van der Waals surface area contributed by atoms with Crippen molar-refractivity contribution in [3.63, 3.8) is 0 Å². The molecule has 0 radical (unpaired) electrons. The fourth-order valence-corrected chi connectivity index (χ4v) is 3.84. The third-order valence-electron chi connectivity index (χ3n) is 4.52. The van der Waals surface area contributed by atoms with Crippen molar-refractivity contribution >= 4 is 0 Å². The molecule has 0 aliphatic heterocycles. The lowest BCUT2D eigenvalue weighted by Gasteiger charge is -2.44. The van der Waals surface area contributed by atoms with Crippen molar-refractivity contribution < 1.29 is 4.74 Å². The summed E-state index contributed by atoms with van der Waals surface area (Å²) in [5, 5.41) is 0. The van der Waals surface area contributed by atoms with Crippen LogP contribution in [-0.2, 0) is 4.74 Å². The van der Waals surface area contributed by atoms with Crippen LogP contribution in [-0.4, -0.2) is 6.10 Å². The van der Waals surface area contributed by atoms with E-state index in [1.807, 2.05) is 0 Å². The van der Waals surface area contributed by atoms with Gasteiger partial charge in [-0.05, 0) is 28.7 Å². The molecule has 1 atom stereocenters. The van der Waals surface area contributed by atoms with Crippen LogP contribution in [0, 0.1) is 0 Å². The van der Waals surface area contributed by atoms with Crippen LogP contribution < -0.4 is 0 Å². The van der Waals surface area contributed by atoms with Crippen LogP contribution in [0.3, 0.4) is 0 Å². The van der Waals surface area contributed by atoms with Crippen LogP contribution in [0.4, 0.5) is 0 Å². The summed E-state index contributed by atoms with van der Waals surface area (Å²) < 4.78 is 5.79. The second-order valence-electron chi connectivity index (χ2n) is 5.36. The summed E-state index contributed by atoms with van der Waals surface area (Å²) in [6.45, 7) is 3.73. The molecule has 3 aliphatic carbocycles. The number of ether oxygens (including phenoxy) is 1. The van der Waals surface area contributed by atoms with E-state index in [-0.39, 0.29) is 6.10 Å². The molecule has 0 N–H and O–H groups in total. The second-order valence-corrected chi connectivity index (χ2v) is 5.36. The van der Waals surface area contributed by atoms with E-state index >= 15 is 0 Å². The molecule has 5 rings (SSSR count). The van der Waals surface area contributed by atoms with Crippen LogP contribution >= 0.6 is 0 Å². The predicted octanol–water partition coefficient (Wildman–Crippen LogP) is 4.20. The highest BCUT2D eigenvalue weighted by Crippen LogP contribution is 2.53. The molecular formula is C18H16O. The van der Waals surface area contributed by atoms with E-state index in [1.165, 1.54) is 22.3 Å². The van der Waals surface area contributed by atoms with Gasteiger partial charge in [0.1, 0.15) is 6.10 Å². The lowest BCUT2D eigenvalue weighted by Crippen LogP contribution is -2.36. The molecule has 0 fully saturated rings. The average molecular weight is 248 g/mol. The zero-order chi connectivity index (χ0) is 12.8. The summed E-state index contributed by atoms with van der Waals surface area (Å²) >= 11 is 0. The molecule has 1 nitrogen and oxygen atoms in total. The van der Waals surface area contributed by atoms with Gasteiger partial charge in [0.05, 0.1) is 6.26 Å². The summed E-state index contributed by atoms with van der Waals surface area (Å²) in [7, 11) is 0. The second kappa shape index (κ2) is 3.99. The molecule has 2 aromatic rings. The molecule has 0 aromatic heterocycles. The summed E-state index contributed by atoms with van der Waals surface area (Å²) in [6.07, 6.45) is 2.88. The zero-order valence-corrected chi connectivity index (χ0v) is 10.8. The Kier molecular flexibility index (Phi) is 2.28. The van der Waals surface area contributed by atoms with Crippen molar-refractivity contribution in [2.75, 3.05) is 0 Å². The Bertz CT molecular complexity index is 596. The Balaban J connectivity index is 1.95. The minimum Gasteiger partial charge on any atom is -0.498 e. The van der Waals surface area contributed by atoms with Crippen molar-refractivity contribution in [3.8, 4) is 0 Å². The number of rotatable bonds is 2. The van der Waals surface area contributed by atoms with Gasteiger partial charge in [0.25, 0.3) is 0 Å². The SMILES string of the molecule is C=COC1CC2c3ccccc3C1c1ccccc12. The Morgan fingerprint density at radius 3 is 1.95 bits per heavy atom. The van der Waals surface area contributed by atoms with E-state index in [9.17, 15) is 0 Å². The molecule has 94 valence electrons. The molecule has 0 saturated carbocycles. The van der Waals surface area contributed by atoms with Crippen LogP contribution in [0.15, 0.2) is 61.4 Å². The van der Waals surface area contributed by atoms with E-state index in [1.54, 1.807) is 6.26 Å². The summed E-state index contributed by atoms with van der Waals surface area (Å²) in [5.41, 5.74) is 5.83. The molecule has 2 aromatic carbocycles. The average Bonchev–Trinajstić information content (AvgIpc) is 2.48. The molecule has 19 heavy (non-hydrogen) atoms. The quantitative estimate of drug-likeness (QED) is 0.724. The lowest BCUT2D eigenvalue weighted by atomic mass is 9.62. The van der Waals surface area contributed by atoms with Crippen LogP contribution in [0.2, 0.25) is 0 Å². The maximum absolute atomic E-state index is 5.79. The van der Waals surface area contributed by atoms with Gasteiger partial charge in [-0.2, -0.15) is 0 Å². The Morgan fingerprint density at radius 1 is 0.895 bits per heavy atom. The minimum absolute atomic E-state index is 0.229. The maximum Gasteiger partial charge on any atom is 0.110 e. The van der Waals surface area contributed by atoms with E-state index in [4.69, 9.17) is 4.74 Å². The van der Waals surface area contributed by atoms with Crippen LogP contribution in [0.1, 0.15) is 40.5 Å². The summed E-state index contributed by atoms with van der Waals surface area (Å²) in [4.78, 5) is 0. The molecule has 0 spiro atoms. The fourth-order valence-electron chi connectivity index (χ4n) is 3.84. The fraction of sp³-hybridized carbons (Fsp3) is 0.222. The molecule has 0 saturated heterocycles. The van der Waals surface area contributed by atoms with E-state index in [2.05, 4.69) is 55.1 Å². The molecule has 0 heterocycles. The summed E-state index contributed by atoms with van der Waals surface area (Å²) in [6, 6.07) is 17.6. The first-order valence-electron chi connectivity index (χ1n) is 6.84. The van der Waals surface area contributed by atoms with Crippen molar-refractivity contribution in [2.24, 2.45) is 0 Å². The first-order valence-corrected chi connectivity index (χ1v) is 6.84. The third-order valence-corrected chi connectivity index (χ3v) is 4.52. The van der Waals surface area contributed by atoms with Crippen molar-refractivity contribution in [2.45, 2.75) is 24.4 Å². The van der Waals surface area contributed by atoms with Gasteiger partial charge in [-0.1, -0.05) is 55.1 Å². The highest BCUT2D eigenvalue weighted by Gasteiger charge is 2.43. The normalized spacial score (nSPS) is 26.4. The highest BCUT2D eigenvalue weighted by atomic mass is 16.5. The minimum atomic E-state index is 0.229. The van der Waals surface area contributed by atoms with Gasteiger partial charge in [-0.15, -0.1) is 0 Å². The van der Waals surface area contributed by atoms with E-state index in [0.29, 0.717) is 11.8 Å². The Morgan fingerprint density at radius 2 is 1.42 bits per heavy atom. The Labute approximate surface area is 113 Å². The first kappa shape index (κ1) is 10.9. The van der Waals surface area contributed by atoms with Crippen molar-refractivity contribution in [3.05, 3.63) is 83.6 Å². The van der Waals surface area contributed by atoms with Gasteiger partial charge in [-0.3, -0.25) is 0 Å². The van der Waals surface area contributed by atoms with E-state index in [0.717, 1.165) is 6.42 Å². The molecule has 1 unspecified atom stereocenters. The van der Waals surface area contributed by atoms with Gasteiger partial charge >= 0.3 is 0 Å². The molecule has 0 amide bonds. The molecule has 2 bridgehead atoms. The van der Waals surface area contributed by atoms with Gasteiger partial charge in [0.15, 0.2) is 0 Å². The number of fused-ring (bicyclic) bond motifs is 1. The topological polar surface area (TPSA) is 9.23 Å². The maximum atomic E-state index is 5.79. The van der Waals surface area contributed by atoms with Gasteiger partial charge < -0.3 is 4.74 Å². The van der Waals surface area contributed by atoms with Crippen molar-refractivity contribution in [1.29, 1.82) is 0 Å². The zero-order valence-electron chi connectivity index (χ0n) is 10.8. The van der Waals surface area contributed by atoms with Crippen LogP contribution in [0.25, 0.3) is 0 Å². The highest BCUT2D eigenvalue weighted by molar-refractivity contribution is 5.56. The number of benzene rings is 2. The molecule has 3 aliphatic rings. The van der Waals surface area contributed by atoms with E-state index < -0.39 is 0 Å². The molecular weight excluding hydrogens is 232 g/mol. The smallest absolute Gasteiger partial charge is 0.110 e. The van der Waals surface area contributed by atoms with Gasteiger partial charge in [-0.25, -0.2) is 0 Å². The number of hydrogen-bond acceptors (Lipinski definition) is 1. The third kappa shape index (κ3) is 1.42. The van der Waals surface area contributed by atoms with Crippen molar-refractivity contribution in [1.82, 2.24) is 0 Å². The largest absolute Gasteiger partial charge is 0.498 e. The Hall–Kier alpha value is -2.02. The monoisotopic (exact) mass is 248 g/mol.